The minimum atomic E-state index is -0.872. The van der Waals surface area contributed by atoms with Crippen LogP contribution in [0.3, 0.4) is 0 Å². The number of benzene rings is 2. The number of hydrogen-bond donors (Lipinski definition) is 4. The van der Waals surface area contributed by atoms with Crippen molar-refractivity contribution >= 4 is 35.2 Å². The van der Waals surface area contributed by atoms with Crippen LogP contribution in [0.15, 0.2) is 78.0 Å². The Labute approximate surface area is 366 Å². The van der Waals surface area contributed by atoms with E-state index in [2.05, 4.69) is 25.3 Å². The molecule has 2 aromatic carbocycles. The lowest BCUT2D eigenvalue weighted by molar-refractivity contribution is -0.161. The van der Waals surface area contributed by atoms with Crippen molar-refractivity contribution in [3.8, 4) is 5.75 Å². The summed E-state index contributed by atoms with van der Waals surface area (Å²) in [7, 11) is 1.36. The zero-order chi connectivity index (χ0) is 44.8. The first-order chi connectivity index (χ1) is 29.8. The largest absolute Gasteiger partial charge is 0.494 e. The molecule has 1 amide bonds. The summed E-state index contributed by atoms with van der Waals surface area (Å²) in [5.74, 6) is -0.0411. The highest BCUT2D eigenvalue weighted by Gasteiger charge is 2.42. The number of methoxy groups -OCH3 is 1. The molecule has 0 radical (unpaired) electrons. The van der Waals surface area contributed by atoms with Gasteiger partial charge in [-0.1, -0.05) is 24.6 Å². The van der Waals surface area contributed by atoms with Crippen LogP contribution >= 0.6 is 0 Å². The second-order valence-corrected chi connectivity index (χ2v) is 16.4. The van der Waals surface area contributed by atoms with E-state index in [1.54, 1.807) is 36.7 Å². The molecular weight excluding hydrogens is 793 g/mol. The zero-order valence-corrected chi connectivity index (χ0v) is 37.0. The van der Waals surface area contributed by atoms with Crippen LogP contribution in [-0.2, 0) is 33.3 Å². The number of hydrogen-bond acceptors (Lipinski definition) is 12. The van der Waals surface area contributed by atoms with Gasteiger partial charge in [0.2, 0.25) is 0 Å². The van der Waals surface area contributed by atoms with E-state index < -0.39 is 11.1 Å². The monoisotopic (exact) mass is 858 g/mol. The maximum absolute atomic E-state index is 13.6. The van der Waals surface area contributed by atoms with Gasteiger partial charge < -0.3 is 44.8 Å². The second-order valence-electron chi connectivity index (χ2n) is 16.4. The highest BCUT2D eigenvalue weighted by molar-refractivity contribution is 6.07. The Morgan fingerprint density at radius 2 is 1.48 bits per heavy atom. The molecule has 4 rings (SSSR count). The van der Waals surface area contributed by atoms with Gasteiger partial charge in [0.15, 0.2) is 5.84 Å². The van der Waals surface area contributed by atoms with Gasteiger partial charge in [-0.05, 0) is 121 Å². The van der Waals surface area contributed by atoms with Crippen molar-refractivity contribution < 1.29 is 42.8 Å². The average Bonchev–Trinajstić information content (AvgIpc) is 3.26. The number of rotatable bonds is 25. The Morgan fingerprint density at radius 1 is 0.855 bits per heavy atom. The number of carbonyl (C=O) groups excluding carboxylic acids is 3. The molecule has 0 saturated heterocycles. The molecular formula is C47H66N6O9. The third-order valence-corrected chi connectivity index (χ3v) is 10.4. The van der Waals surface area contributed by atoms with Crippen LogP contribution in [0.2, 0.25) is 0 Å². The van der Waals surface area contributed by atoms with E-state index in [9.17, 15) is 14.4 Å². The van der Waals surface area contributed by atoms with Crippen molar-refractivity contribution in [2.75, 3.05) is 58.7 Å². The van der Waals surface area contributed by atoms with Crippen molar-refractivity contribution in [3.05, 3.63) is 89.7 Å². The molecule has 1 aliphatic carbocycles. The number of amides is 1. The fraction of sp³-hybridized carbons (Fsp3) is 0.532. The molecule has 3 aromatic rings. The molecule has 1 atom stereocenters. The normalized spacial score (nSPS) is 17.1. The summed E-state index contributed by atoms with van der Waals surface area (Å²) in [5, 5.41) is 15.3. The van der Waals surface area contributed by atoms with E-state index >= 15 is 0 Å². The number of aromatic nitrogens is 1. The molecule has 0 bridgehead atoms. The van der Waals surface area contributed by atoms with Gasteiger partial charge in [-0.25, -0.2) is 4.99 Å². The van der Waals surface area contributed by atoms with Gasteiger partial charge in [0, 0.05) is 35.8 Å². The number of carbonyl (C=O) groups is 3. The lowest BCUT2D eigenvalue weighted by Crippen LogP contribution is -2.54. The van der Waals surface area contributed by atoms with E-state index in [0.29, 0.717) is 88.7 Å². The minimum absolute atomic E-state index is 0.00478. The van der Waals surface area contributed by atoms with Gasteiger partial charge in [0.25, 0.3) is 5.91 Å². The Balaban J connectivity index is 1.21. The Bertz CT molecular complexity index is 1880. The molecule has 0 unspecified atom stereocenters. The van der Waals surface area contributed by atoms with Gasteiger partial charge in [-0.2, -0.15) is 0 Å². The van der Waals surface area contributed by atoms with Crippen LogP contribution in [0.25, 0.3) is 0 Å². The van der Waals surface area contributed by atoms with E-state index in [-0.39, 0.29) is 47.9 Å². The number of esters is 2. The molecule has 15 nitrogen and oxygen atoms in total. The predicted molar refractivity (Wildman–Crippen MR) is 239 cm³/mol. The summed E-state index contributed by atoms with van der Waals surface area (Å²) < 4.78 is 32.6. The minimum Gasteiger partial charge on any atom is -0.494 e. The van der Waals surface area contributed by atoms with Crippen LogP contribution in [0.5, 0.6) is 5.75 Å². The smallest absolute Gasteiger partial charge is 0.309 e. The van der Waals surface area contributed by atoms with Crippen LogP contribution < -0.4 is 21.1 Å². The lowest BCUT2D eigenvalue weighted by atomic mass is 9.75. The molecule has 0 spiro atoms. The number of nitrogens with zero attached hydrogens (tertiary/aromatic N) is 2. The third-order valence-electron chi connectivity index (χ3n) is 10.4. The number of pyridine rings is 1. The first-order valence-corrected chi connectivity index (χ1v) is 21.6. The molecule has 5 N–H and O–H groups in total. The molecule has 1 saturated carbocycles. The highest BCUT2D eigenvalue weighted by atomic mass is 16.6. The molecule has 0 aliphatic heterocycles. The van der Waals surface area contributed by atoms with Crippen molar-refractivity contribution in [2.45, 2.75) is 103 Å². The van der Waals surface area contributed by atoms with Crippen LogP contribution in [-0.4, -0.2) is 99.0 Å². The molecule has 1 aromatic heterocycles. The molecule has 62 heavy (non-hydrogen) atoms. The first kappa shape index (κ1) is 49.3. The summed E-state index contributed by atoms with van der Waals surface area (Å²) in [6, 6.07) is 18.1. The number of ether oxygens (including phenoxy) is 6. The van der Waals surface area contributed by atoms with E-state index in [1.165, 1.54) is 7.11 Å². The summed E-state index contributed by atoms with van der Waals surface area (Å²) in [6.45, 7) is 11.1. The summed E-state index contributed by atoms with van der Waals surface area (Å²) >= 11 is 0. The van der Waals surface area contributed by atoms with E-state index in [1.807, 2.05) is 64.1 Å². The van der Waals surface area contributed by atoms with Crippen LogP contribution in [0, 0.1) is 11.3 Å². The molecule has 1 heterocycles. The first-order valence-electron chi connectivity index (χ1n) is 21.6. The average molecular weight is 859 g/mol. The van der Waals surface area contributed by atoms with Gasteiger partial charge in [-0.15, -0.1) is 0 Å². The third kappa shape index (κ3) is 17.2. The van der Waals surface area contributed by atoms with Gasteiger partial charge >= 0.3 is 11.9 Å². The number of unbranched alkanes of at least 4 members (excludes halogenated alkanes) is 3. The maximum Gasteiger partial charge on any atom is 0.309 e. The molecule has 15 heteroatoms. The standard InChI is InChI=1S/C47H66N6O9/c1-34(35-13-15-40(16-14-35)61-27-9-7-6-8-26-58-29-31-60-32-30-59-28-21-41(54)57-5)51-43(55)38-11-10-12-39(33-38)53-47(45(49)52-42(48)36-19-24-50-25-20-36)22-17-37(18-23-47)44(56)62-46(2,3)4/h10-16,19-20,24-25,33-34,37,53H,6-9,17-18,21-23,26-32H2,1-5H3,(H,51,55)(H3,48,49,52)/t34-,37?,47?/m1/s1. The van der Waals surface area contributed by atoms with Gasteiger partial charge in [-0.3, -0.25) is 24.8 Å². The van der Waals surface area contributed by atoms with Crippen molar-refractivity contribution in [1.82, 2.24) is 10.3 Å². The van der Waals surface area contributed by atoms with Crippen molar-refractivity contribution in [1.29, 1.82) is 5.41 Å². The van der Waals surface area contributed by atoms with Gasteiger partial charge in [0.1, 0.15) is 17.2 Å². The SMILES string of the molecule is COC(=O)CCOCCOCCOCCCCCCOc1ccc([C@@H](C)NC(=O)c2cccc(NC3(C(N)=NC(=N)c4ccncc4)CCC(C(=O)OC(C)(C)C)CC3)c2)cc1. The molecule has 1 aliphatic rings. The summed E-state index contributed by atoms with van der Waals surface area (Å²) in [4.78, 5) is 46.1. The number of aliphatic imine (C=N–C) groups is 1. The highest BCUT2D eigenvalue weighted by Crippen LogP contribution is 2.37. The van der Waals surface area contributed by atoms with E-state index in [0.717, 1.165) is 37.0 Å². The number of amidine groups is 2. The van der Waals surface area contributed by atoms with Crippen molar-refractivity contribution in [3.63, 3.8) is 0 Å². The number of anilines is 1. The second kappa shape index (κ2) is 25.5. The van der Waals surface area contributed by atoms with Gasteiger partial charge in [0.05, 0.1) is 70.7 Å². The lowest BCUT2D eigenvalue weighted by Gasteiger charge is -2.41. The fourth-order valence-electron chi connectivity index (χ4n) is 6.86. The Morgan fingerprint density at radius 3 is 2.13 bits per heavy atom. The van der Waals surface area contributed by atoms with E-state index in [4.69, 9.17) is 34.8 Å². The topological polar surface area (TPSA) is 206 Å². The molecule has 1 fully saturated rings. The fourth-order valence-corrected chi connectivity index (χ4v) is 6.86. The zero-order valence-electron chi connectivity index (χ0n) is 37.0. The van der Waals surface area contributed by atoms with Crippen molar-refractivity contribution in [2.24, 2.45) is 16.6 Å². The van der Waals surface area contributed by atoms with Crippen LogP contribution in [0.4, 0.5) is 5.69 Å². The molecule has 338 valence electrons. The number of nitrogens with two attached hydrogens (primary N) is 1. The predicted octanol–water partition coefficient (Wildman–Crippen LogP) is 7.19. The quantitative estimate of drug-likeness (QED) is 0.0289. The summed E-state index contributed by atoms with van der Waals surface area (Å²) in [6.07, 6.45) is 9.39. The van der Waals surface area contributed by atoms with Crippen LogP contribution in [0.1, 0.15) is 113 Å². The maximum atomic E-state index is 13.6. The Hall–Kier alpha value is -5.38. The number of nitrogens with one attached hydrogen (secondary N) is 3. The Kier molecular flexibility index (Phi) is 20.3. The summed E-state index contributed by atoms with van der Waals surface area (Å²) in [5.41, 5.74) is 7.92.